The Morgan fingerprint density at radius 1 is 1.14 bits per heavy atom. The summed E-state index contributed by atoms with van der Waals surface area (Å²) in [5.74, 6) is 1.17. The fraction of sp³-hybridized carbons (Fsp3) is 0.500. The second kappa shape index (κ2) is 8.68. The van der Waals surface area contributed by atoms with Crippen LogP contribution in [0.2, 0.25) is 0 Å². The van der Waals surface area contributed by atoms with Crippen molar-refractivity contribution in [2.24, 2.45) is 5.92 Å². The van der Waals surface area contributed by atoms with Gasteiger partial charge in [-0.15, -0.1) is 0 Å². The number of piperidine rings is 1. The van der Waals surface area contributed by atoms with Gasteiger partial charge in [-0.3, -0.25) is 14.7 Å². The number of methoxy groups -OCH3 is 1. The molecule has 29 heavy (non-hydrogen) atoms. The van der Waals surface area contributed by atoms with Crippen molar-refractivity contribution in [2.45, 2.75) is 44.4 Å². The van der Waals surface area contributed by atoms with Crippen LogP contribution in [0.1, 0.15) is 60.5 Å². The Kier molecular flexibility index (Phi) is 5.83. The molecule has 2 aromatic rings. The highest BCUT2D eigenvalue weighted by atomic mass is 16.5. The zero-order valence-electron chi connectivity index (χ0n) is 16.8. The summed E-state index contributed by atoms with van der Waals surface area (Å²) in [6, 6.07) is 6.99. The first-order valence-corrected chi connectivity index (χ1v) is 10.4. The molecule has 1 atom stereocenters. The smallest absolute Gasteiger partial charge is 0.255 e. The van der Waals surface area contributed by atoms with E-state index in [0.29, 0.717) is 29.5 Å². The molecule has 1 aromatic carbocycles. The summed E-state index contributed by atoms with van der Waals surface area (Å²) < 4.78 is 5.14. The number of ether oxygens (including phenoxy) is 1. The molecule has 0 bridgehead atoms. The summed E-state index contributed by atoms with van der Waals surface area (Å²) in [4.78, 5) is 27.5. The summed E-state index contributed by atoms with van der Waals surface area (Å²) >= 11 is 0. The Bertz CT molecular complexity index is 855. The lowest BCUT2D eigenvalue weighted by Gasteiger charge is -2.34. The standard InChI is InChI=1S/C22H28N4O3/c1-29-18-10-8-15(9-11-18)21(27)24-19-13-23-25-20(19)17-7-4-12-26(14-17)22(28)16-5-2-3-6-16/h8-11,13,16-17H,2-7,12,14H2,1H3,(H,23,25)(H,24,27)/t17-/m0/s1. The normalized spacial score (nSPS) is 19.9. The highest BCUT2D eigenvalue weighted by Crippen LogP contribution is 2.33. The first-order chi connectivity index (χ1) is 14.2. The zero-order chi connectivity index (χ0) is 20.2. The third kappa shape index (κ3) is 4.28. The van der Waals surface area contributed by atoms with E-state index >= 15 is 0 Å². The van der Waals surface area contributed by atoms with Gasteiger partial charge >= 0.3 is 0 Å². The Hall–Kier alpha value is -2.83. The van der Waals surface area contributed by atoms with Crippen molar-refractivity contribution in [3.05, 3.63) is 41.7 Å². The van der Waals surface area contributed by atoms with Crippen LogP contribution < -0.4 is 10.1 Å². The van der Waals surface area contributed by atoms with Gasteiger partial charge < -0.3 is 15.0 Å². The number of rotatable bonds is 5. The number of aromatic nitrogens is 2. The van der Waals surface area contributed by atoms with Crippen molar-refractivity contribution in [3.63, 3.8) is 0 Å². The molecule has 2 amide bonds. The lowest BCUT2D eigenvalue weighted by molar-refractivity contribution is -0.136. The summed E-state index contributed by atoms with van der Waals surface area (Å²) in [7, 11) is 1.59. The molecule has 0 unspecified atom stereocenters. The molecule has 7 nitrogen and oxygen atoms in total. The minimum absolute atomic E-state index is 0.155. The van der Waals surface area contributed by atoms with E-state index in [0.717, 1.165) is 50.8 Å². The van der Waals surface area contributed by atoms with E-state index in [1.165, 1.54) is 0 Å². The van der Waals surface area contributed by atoms with Gasteiger partial charge in [-0.05, 0) is 49.9 Å². The van der Waals surface area contributed by atoms with Gasteiger partial charge in [0.25, 0.3) is 5.91 Å². The van der Waals surface area contributed by atoms with Crippen LogP contribution >= 0.6 is 0 Å². The molecule has 4 rings (SSSR count). The summed E-state index contributed by atoms with van der Waals surface area (Å²) in [6.45, 7) is 1.51. The van der Waals surface area contributed by atoms with Crippen LogP contribution in [-0.4, -0.2) is 47.1 Å². The van der Waals surface area contributed by atoms with Crippen LogP contribution in [0.15, 0.2) is 30.5 Å². The molecular formula is C22H28N4O3. The number of carbonyl (C=O) groups excluding carboxylic acids is 2. The van der Waals surface area contributed by atoms with Gasteiger partial charge in [-0.25, -0.2) is 0 Å². The van der Waals surface area contributed by atoms with Crippen LogP contribution in [0.5, 0.6) is 5.75 Å². The third-order valence-electron chi connectivity index (χ3n) is 6.11. The molecule has 2 N–H and O–H groups in total. The Morgan fingerprint density at radius 3 is 2.62 bits per heavy atom. The predicted octanol–water partition coefficient (Wildman–Crippen LogP) is 3.57. The fourth-order valence-electron chi connectivity index (χ4n) is 4.49. The lowest BCUT2D eigenvalue weighted by atomic mass is 9.92. The van der Waals surface area contributed by atoms with Crippen molar-refractivity contribution in [2.75, 3.05) is 25.5 Å². The number of nitrogens with zero attached hydrogens (tertiary/aromatic N) is 2. The van der Waals surface area contributed by atoms with Gasteiger partial charge in [0.2, 0.25) is 5.91 Å². The van der Waals surface area contributed by atoms with Crippen LogP contribution in [0.3, 0.4) is 0 Å². The highest BCUT2D eigenvalue weighted by molar-refractivity contribution is 6.04. The average molecular weight is 396 g/mol. The van der Waals surface area contributed by atoms with E-state index in [4.69, 9.17) is 4.74 Å². The van der Waals surface area contributed by atoms with Gasteiger partial charge in [0.05, 0.1) is 24.7 Å². The van der Waals surface area contributed by atoms with Crippen molar-refractivity contribution >= 4 is 17.5 Å². The summed E-state index contributed by atoms with van der Waals surface area (Å²) in [5, 5.41) is 10.2. The SMILES string of the molecule is COc1ccc(C(=O)Nc2cn[nH]c2[C@H]2CCCN(C(=O)C3CCCC3)C2)cc1. The number of nitrogens with one attached hydrogen (secondary N) is 2. The maximum Gasteiger partial charge on any atom is 0.255 e. The van der Waals surface area contributed by atoms with E-state index in [1.807, 2.05) is 4.90 Å². The number of benzene rings is 1. The number of aromatic amines is 1. The minimum atomic E-state index is -0.190. The lowest BCUT2D eigenvalue weighted by Crippen LogP contribution is -2.42. The zero-order valence-corrected chi connectivity index (χ0v) is 16.8. The van der Waals surface area contributed by atoms with E-state index in [1.54, 1.807) is 37.6 Å². The molecule has 1 aliphatic carbocycles. The molecule has 1 saturated heterocycles. The molecule has 1 aromatic heterocycles. The van der Waals surface area contributed by atoms with Crippen LogP contribution in [-0.2, 0) is 4.79 Å². The quantitative estimate of drug-likeness (QED) is 0.809. The van der Waals surface area contributed by atoms with Gasteiger partial charge in [-0.2, -0.15) is 5.10 Å². The summed E-state index contributed by atoms with van der Waals surface area (Å²) in [6.07, 6.45) is 7.95. The second-order valence-corrected chi connectivity index (χ2v) is 7.98. The molecular weight excluding hydrogens is 368 g/mol. The van der Waals surface area contributed by atoms with Crippen molar-refractivity contribution in [1.82, 2.24) is 15.1 Å². The van der Waals surface area contributed by atoms with Crippen molar-refractivity contribution in [3.8, 4) is 5.75 Å². The van der Waals surface area contributed by atoms with Crippen LogP contribution in [0, 0.1) is 5.92 Å². The number of likely N-dealkylation sites (tertiary alicyclic amines) is 1. The molecule has 2 fully saturated rings. The Morgan fingerprint density at radius 2 is 1.90 bits per heavy atom. The van der Waals surface area contributed by atoms with Gasteiger partial charge in [0.15, 0.2) is 0 Å². The maximum absolute atomic E-state index is 12.8. The topological polar surface area (TPSA) is 87.3 Å². The number of anilines is 1. The molecule has 7 heteroatoms. The van der Waals surface area contributed by atoms with Crippen molar-refractivity contribution in [1.29, 1.82) is 0 Å². The van der Waals surface area contributed by atoms with Crippen molar-refractivity contribution < 1.29 is 14.3 Å². The van der Waals surface area contributed by atoms with E-state index in [2.05, 4.69) is 15.5 Å². The number of hydrogen-bond donors (Lipinski definition) is 2. The van der Waals surface area contributed by atoms with E-state index in [9.17, 15) is 9.59 Å². The highest BCUT2D eigenvalue weighted by Gasteiger charge is 2.32. The predicted molar refractivity (Wildman–Crippen MR) is 110 cm³/mol. The molecule has 1 saturated carbocycles. The van der Waals surface area contributed by atoms with E-state index in [-0.39, 0.29) is 17.7 Å². The Labute approximate surface area is 170 Å². The molecule has 0 spiro atoms. The molecule has 2 aliphatic rings. The fourth-order valence-corrected chi connectivity index (χ4v) is 4.49. The number of hydrogen-bond acceptors (Lipinski definition) is 4. The molecule has 0 radical (unpaired) electrons. The van der Waals surface area contributed by atoms with Crippen LogP contribution in [0.25, 0.3) is 0 Å². The van der Waals surface area contributed by atoms with Gasteiger partial charge in [-0.1, -0.05) is 12.8 Å². The second-order valence-electron chi connectivity index (χ2n) is 7.98. The number of amides is 2. The number of carbonyl (C=O) groups is 2. The largest absolute Gasteiger partial charge is 0.497 e. The van der Waals surface area contributed by atoms with Gasteiger partial charge in [0.1, 0.15) is 5.75 Å². The Balaban J connectivity index is 1.43. The van der Waals surface area contributed by atoms with E-state index < -0.39 is 0 Å². The molecule has 2 heterocycles. The maximum atomic E-state index is 12.8. The first kappa shape index (κ1) is 19.5. The third-order valence-corrected chi connectivity index (χ3v) is 6.11. The average Bonchev–Trinajstić information content (AvgIpc) is 3.46. The molecule has 1 aliphatic heterocycles. The van der Waals surface area contributed by atoms with Crippen LogP contribution in [0.4, 0.5) is 5.69 Å². The monoisotopic (exact) mass is 396 g/mol. The number of H-pyrrole nitrogens is 1. The minimum Gasteiger partial charge on any atom is -0.497 e. The molecule has 154 valence electrons. The first-order valence-electron chi connectivity index (χ1n) is 10.4. The summed E-state index contributed by atoms with van der Waals surface area (Å²) in [5.41, 5.74) is 2.14. The van der Waals surface area contributed by atoms with Gasteiger partial charge in [0, 0.05) is 30.5 Å².